The lowest BCUT2D eigenvalue weighted by atomic mass is 9.45. The zero-order chi connectivity index (χ0) is 20.8. The summed E-state index contributed by atoms with van der Waals surface area (Å²) in [6, 6.07) is 0. The van der Waals surface area contributed by atoms with Crippen LogP contribution < -0.4 is 0 Å². The predicted molar refractivity (Wildman–Crippen MR) is 94.2 cm³/mol. The summed E-state index contributed by atoms with van der Waals surface area (Å²) in [5.41, 5.74) is -0.703. The van der Waals surface area contributed by atoms with Crippen molar-refractivity contribution in [2.45, 2.75) is 83.8 Å². The van der Waals surface area contributed by atoms with Crippen LogP contribution >= 0.6 is 0 Å². The summed E-state index contributed by atoms with van der Waals surface area (Å²) in [5, 5.41) is 10.8. The van der Waals surface area contributed by atoms with E-state index < -0.39 is 34.4 Å². The van der Waals surface area contributed by atoms with Crippen LogP contribution in [0.1, 0.15) is 75.7 Å². The van der Waals surface area contributed by atoms with E-state index in [0.717, 1.165) is 25.7 Å². The van der Waals surface area contributed by atoms with Gasteiger partial charge in [0.15, 0.2) is 0 Å². The number of hydrogen-bond acceptors (Lipinski definition) is 4. The number of hydrogen-bond donors (Lipinski definition) is 2. The van der Waals surface area contributed by atoms with Crippen LogP contribution in [-0.4, -0.2) is 30.3 Å². The fourth-order valence-electron chi connectivity index (χ4n) is 6.88. The second kappa shape index (κ2) is 5.91. The Kier molecular flexibility index (Phi) is 3.51. The van der Waals surface area contributed by atoms with E-state index in [1.54, 1.807) is 0 Å². The molecule has 6 heteroatoms. The molecule has 4 saturated carbocycles. The summed E-state index contributed by atoms with van der Waals surface area (Å²) in [5.74, 6) is 0.981. The molecule has 2 N–H and O–H groups in total. The van der Waals surface area contributed by atoms with Crippen molar-refractivity contribution in [3.63, 3.8) is 0 Å². The molecule has 0 aromatic carbocycles. The smallest absolute Gasteiger partial charge is 0.393 e. The molecule has 0 unspecified atom stereocenters. The predicted octanol–water partition coefficient (Wildman–Crippen LogP) is 3.58. The van der Waals surface area contributed by atoms with Crippen LogP contribution in [-0.2, 0) is 14.6 Å². The average molecular weight is 376 g/mol. The number of fused-ring (bicyclic) bond motifs is 5. The maximum absolute atomic E-state index is 11.1. The molecule has 4 aliphatic carbocycles. The minimum atomic E-state index is -4.44. The molecule has 0 radical (unpaired) electrons. The summed E-state index contributed by atoms with van der Waals surface area (Å²) in [6.45, 7) is 4.17. The van der Waals surface area contributed by atoms with Crippen LogP contribution in [0.5, 0.6) is 0 Å². The normalized spacial score (nSPS) is 59.7. The molecule has 25 heavy (non-hydrogen) atoms. The largest absolute Gasteiger partial charge is 0.397 e. The van der Waals surface area contributed by atoms with Crippen molar-refractivity contribution in [2.24, 2.45) is 34.5 Å². The van der Waals surface area contributed by atoms with Gasteiger partial charge in [-0.3, -0.25) is 4.55 Å². The van der Waals surface area contributed by atoms with Gasteiger partial charge in [-0.2, -0.15) is 8.42 Å². The quantitative estimate of drug-likeness (QED) is 0.721. The Hall–Kier alpha value is -0.170. The Bertz CT molecular complexity index is 757. The maximum Gasteiger partial charge on any atom is 0.397 e. The summed E-state index contributed by atoms with van der Waals surface area (Å²) in [6.07, 6.45) is 1.15. The minimum absolute atomic E-state index is 0.00619. The van der Waals surface area contributed by atoms with Crippen molar-refractivity contribution < 1.29 is 26.4 Å². The first-order valence-corrected chi connectivity index (χ1v) is 11.0. The van der Waals surface area contributed by atoms with Crippen LogP contribution in [0.3, 0.4) is 0 Å². The van der Waals surface area contributed by atoms with Crippen LogP contribution in [0, 0.1) is 34.5 Å². The van der Waals surface area contributed by atoms with Crippen molar-refractivity contribution in [3.05, 3.63) is 0 Å². The van der Waals surface area contributed by atoms with Crippen LogP contribution in [0.15, 0.2) is 0 Å². The molecule has 0 amide bonds. The van der Waals surface area contributed by atoms with Crippen molar-refractivity contribution in [1.29, 1.82) is 0 Å². The lowest BCUT2D eigenvalue weighted by molar-refractivity contribution is -0.131. The van der Waals surface area contributed by atoms with E-state index in [4.69, 9.17) is 12.8 Å². The van der Waals surface area contributed by atoms with Crippen molar-refractivity contribution in [1.82, 2.24) is 0 Å². The Labute approximate surface area is 155 Å². The fourth-order valence-corrected chi connectivity index (χ4v) is 7.40. The lowest BCUT2D eigenvalue weighted by Crippen LogP contribution is -2.54. The highest BCUT2D eigenvalue weighted by Crippen LogP contribution is 2.66. The van der Waals surface area contributed by atoms with Crippen molar-refractivity contribution >= 4 is 10.4 Å². The van der Waals surface area contributed by atoms with E-state index >= 15 is 0 Å². The Morgan fingerprint density at radius 2 is 1.76 bits per heavy atom. The second-order valence-corrected chi connectivity index (χ2v) is 10.3. The van der Waals surface area contributed by atoms with Gasteiger partial charge in [0.25, 0.3) is 0 Å². The molecule has 4 rings (SSSR count). The Morgan fingerprint density at radius 3 is 2.48 bits per heavy atom. The third-order valence-corrected chi connectivity index (χ3v) is 8.81. The van der Waals surface area contributed by atoms with Gasteiger partial charge in [0.2, 0.25) is 0 Å². The SMILES string of the molecule is [2H]C1([2H])C[C@H]2[C@@H]3CC[C@H]4C[C@H](OS(=O)(=O)O)CC[C@]4(C)[C@H]3CC[C@]2(C)[C@@]1([2H])O. The third-order valence-electron chi connectivity index (χ3n) is 8.30. The first-order valence-electron chi connectivity index (χ1n) is 11.1. The summed E-state index contributed by atoms with van der Waals surface area (Å²) in [4.78, 5) is 0. The average Bonchev–Trinajstić information content (AvgIpc) is 2.70. The molecule has 144 valence electrons. The molecule has 4 fully saturated rings. The molecule has 0 saturated heterocycles. The van der Waals surface area contributed by atoms with E-state index in [1.165, 1.54) is 0 Å². The molecular formula is C19H32O5S. The van der Waals surface area contributed by atoms with Crippen LogP contribution in [0.4, 0.5) is 0 Å². The van der Waals surface area contributed by atoms with Crippen LogP contribution in [0.25, 0.3) is 0 Å². The highest BCUT2D eigenvalue weighted by molar-refractivity contribution is 7.80. The molecule has 0 aromatic heterocycles. The fraction of sp³-hybridized carbons (Fsp3) is 1.00. The van der Waals surface area contributed by atoms with E-state index in [0.29, 0.717) is 31.1 Å². The van der Waals surface area contributed by atoms with E-state index in [2.05, 4.69) is 6.92 Å². The summed E-state index contributed by atoms with van der Waals surface area (Å²) in [7, 11) is -4.44. The van der Waals surface area contributed by atoms with Gasteiger partial charge in [0.05, 0.1) is 13.6 Å². The molecule has 5 nitrogen and oxygen atoms in total. The first kappa shape index (κ1) is 14.8. The minimum Gasteiger partial charge on any atom is -0.393 e. The molecule has 4 aliphatic rings. The van der Waals surface area contributed by atoms with Gasteiger partial charge >= 0.3 is 10.4 Å². The van der Waals surface area contributed by atoms with Crippen molar-refractivity contribution in [2.75, 3.05) is 0 Å². The van der Waals surface area contributed by atoms with Gasteiger partial charge in [-0.05, 0) is 92.2 Å². The standard InChI is InChI=1S/C19H32O5S/c1-18-9-7-13(24-25(21,22)23)11-12(18)3-4-14-15-5-6-17(20)19(15,2)10-8-16(14)18/h12-17,20H,3-11H2,1-2H3,(H,21,22,23)/t12-,13+,14-,15-,16-,17-,18-,19-/m0/s1/i6D2,17D. The third kappa shape index (κ3) is 2.88. The first-order chi connectivity index (χ1) is 12.7. The summed E-state index contributed by atoms with van der Waals surface area (Å²) < 4.78 is 61.1. The molecule has 0 aliphatic heterocycles. The molecule has 0 spiro atoms. The topological polar surface area (TPSA) is 83.8 Å². The zero-order valence-corrected chi connectivity index (χ0v) is 15.9. The number of aliphatic hydroxyl groups is 1. The van der Waals surface area contributed by atoms with Crippen LogP contribution in [0.2, 0.25) is 0 Å². The highest BCUT2D eigenvalue weighted by Gasteiger charge is 2.60. The van der Waals surface area contributed by atoms with E-state index in [1.807, 2.05) is 6.92 Å². The van der Waals surface area contributed by atoms with Gasteiger partial charge < -0.3 is 5.11 Å². The van der Waals surface area contributed by atoms with Gasteiger partial charge in [0, 0.05) is 2.74 Å². The monoisotopic (exact) mass is 375 g/mol. The van der Waals surface area contributed by atoms with Gasteiger partial charge in [-0.1, -0.05) is 13.8 Å². The van der Waals surface area contributed by atoms with Gasteiger partial charge in [-0.25, -0.2) is 4.18 Å². The van der Waals surface area contributed by atoms with Gasteiger partial charge in [-0.15, -0.1) is 0 Å². The molecule has 0 bridgehead atoms. The highest BCUT2D eigenvalue weighted by atomic mass is 32.3. The lowest BCUT2D eigenvalue weighted by Gasteiger charge is -2.60. The van der Waals surface area contributed by atoms with Gasteiger partial charge in [0.1, 0.15) is 0 Å². The molecule has 0 heterocycles. The zero-order valence-electron chi connectivity index (χ0n) is 18.1. The molecule has 8 atom stereocenters. The second-order valence-electron chi connectivity index (χ2n) is 9.26. The van der Waals surface area contributed by atoms with E-state index in [-0.39, 0.29) is 23.7 Å². The summed E-state index contributed by atoms with van der Waals surface area (Å²) >= 11 is 0. The number of rotatable bonds is 2. The molecule has 0 aromatic rings. The molecular weight excluding hydrogens is 340 g/mol. The van der Waals surface area contributed by atoms with Crippen molar-refractivity contribution in [3.8, 4) is 0 Å². The Morgan fingerprint density at radius 1 is 1.08 bits per heavy atom. The Balaban J connectivity index is 1.58. The maximum atomic E-state index is 11.1. The van der Waals surface area contributed by atoms with E-state index in [9.17, 15) is 13.5 Å².